The van der Waals surface area contributed by atoms with E-state index in [9.17, 15) is 7.84 Å². The third-order valence-electron chi connectivity index (χ3n) is 4.11. The molecule has 0 aliphatic carbocycles. The SMILES string of the molecule is Nc1ccc([As](=O)(O)c2c3ccccc3nc3ccccc23)cc1. The summed E-state index contributed by atoms with van der Waals surface area (Å²) in [6.45, 7) is 0. The van der Waals surface area contributed by atoms with Gasteiger partial charge in [0.05, 0.1) is 0 Å². The summed E-state index contributed by atoms with van der Waals surface area (Å²) >= 11 is -4.57. The van der Waals surface area contributed by atoms with Gasteiger partial charge in [0.2, 0.25) is 0 Å². The first-order valence-electron chi connectivity index (χ1n) is 7.54. The Bertz CT molecular complexity index is 1050. The molecule has 1 aromatic heterocycles. The number of fused-ring (bicyclic) bond motifs is 2. The Morgan fingerprint density at radius 1 is 0.792 bits per heavy atom. The number of para-hydroxylation sites is 2. The molecule has 0 aliphatic heterocycles. The molecule has 0 amide bonds. The van der Waals surface area contributed by atoms with Crippen LogP contribution in [0, 0.1) is 0 Å². The topological polar surface area (TPSA) is 76.2 Å². The van der Waals surface area contributed by atoms with E-state index in [1.807, 2.05) is 48.5 Å². The molecular weight excluding hydrogens is 363 g/mol. The second-order valence-electron chi connectivity index (χ2n) is 5.66. The van der Waals surface area contributed by atoms with Gasteiger partial charge in [-0.3, -0.25) is 0 Å². The molecule has 1 unspecified atom stereocenters. The zero-order valence-electron chi connectivity index (χ0n) is 12.8. The van der Waals surface area contributed by atoms with Crippen molar-refractivity contribution in [2.24, 2.45) is 0 Å². The first-order chi connectivity index (χ1) is 11.6. The zero-order chi connectivity index (χ0) is 16.7. The van der Waals surface area contributed by atoms with Crippen molar-refractivity contribution >= 4 is 50.0 Å². The van der Waals surface area contributed by atoms with E-state index in [0.29, 0.717) is 14.4 Å². The van der Waals surface area contributed by atoms with Gasteiger partial charge in [-0.15, -0.1) is 0 Å². The molecule has 3 aromatic carbocycles. The number of nitrogens with zero attached hydrogens (tertiary/aromatic N) is 1. The average molecular weight is 378 g/mol. The number of nitrogen functional groups attached to an aromatic ring is 1. The first kappa shape index (κ1) is 15.0. The molecule has 0 fully saturated rings. The third kappa shape index (κ3) is 2.32. The van der Waals surface area contributed by atoms with Crippen molar-refractivity contribution in [2.75, 3.05) is 5.73 Å². The Morgan fingerprint density at radius 2 is 1.29 bits per heavy atom. The van der Waals surface area contributed by atoms with Crippen molar-refractivity contribution in [1.29, 1.82) is 0 Å². The summed E-state index contributed by atoms with van der Waals surface area (Å²) in [6.07, 6.45) is 0. The van der Waals surface area contributed by atoms with Crippen LogP contribution in [0.4, 0.5) is 5.69 Å². The molecule has 118 valence electrons. The second kappa shape index (κ2) is 5.52. The fourth-order valence-electron chi connectivity index (χ4n) is 2.95. The fourth-order valence-corrected chi connectivity index (χ4v) is 6.82. The average Bonchev–Trinajstić information content (AvgIpc) is 2.59. The van der Waals surface area contributed by atoms with Gasteiger partial charge in [-0.2, -0.15) is 0 Å². The summed E-state index contributed by atoms with van der Waals surface area (Å²) < 4.78 is 25.5. The van der Waals surface area contributed by atoms with E-state index in [1.165, 1.54) is 0 Å². The second-order valence-corrected chi connectivity index (χ2v) is 10.1. The predicted molar refractivity (Wildman–Crippen MR) is 98.0 cm³/mol. The monoisotopic (exact) mass is 378 g/mol. The molecule has 4 nitrogen and oxygen atoms in total. The molecule has 1 heterocycles. The van der Waals surface area contributed by atoms with Crippen molar-refractivity contribution in [3.8, 4) is 0 Å². The quantitative estimate of drug-likeness (QED) is 0.318. The Labute approximate surface area is 141 Å². The van der Waals surface area contributed by atoms with Crippen LogP contribution in [0.3, 0.4) is 0 Å². The summed E-state index contributed by atoms with van der Waals surface area (Å²) in [4.78, 5) is 4.62. The molecule has 0 bridgehead atoms. The summed E-state index contributed by atoms with van der Waals surface area (Å²) in [5.41, 5.74) is 7.72. The normalized spacial score (nSPS) is 13.9. The van der Waals surface area contributed by atoms with E-state index >= 15 is 0 Å². The van der Waals surface area contributed by atoms with E-state index in [-0.39, 0.29) is 0 Å². The van der Waals surface area contributed by atoms with Gasteiger partial charge in [0.1, 0.15) is 0 Å². The molecule has 3 N–H and O–H groups in total. The molecule has 4 aromatic rings. The Hall–Kier alpha value is -2.55. The molecule has 0 saturated heterocycles. The van der Waals surface area contributed by atoms with Gasteiger partial charge in [0.15, 0.2) is 0 Å². The van der Waals surface area contributed by atoms with Gasteiger partial charge in [-0.1, -0.05) is 0 Å². The Morgan fingerprint density at radius 3 is 1.83 bits per heavy atom. The number of benzene rings is 3. The van der Waals surface area contributed by atoms with E-state index in [1.54, 1.807) is 24.3 Å². The molecule has 24 heavy (non-hydrogen) atoms. The van der Waals surface area contributed by atoms with Gasteiger partial charge in [0.25, 0.3) is 0 Å². The van der Waals surface area contributed by atoms with Crippen molar-refractivity contribution in [3.05, 3.63) is 72.8 Å². The van der Waals surface area contributed by atoms with Crippen LogP contribution in [0.5, 0.6) is 0 Å². The van der Waals surface area contributed by atoms with Gasteiger partial charge >= 0.3 is 141 Å². The van der Waals surface area contributed by atoms with Crippen LogP contribution in [0.1, 0.15) is 0 Å². The number of hydrogen-bond donors (Lipinski definition) is 2. The summed E-state index contributed by atoms with van der Waals surface area (Å²) in [5, 5.41) is 1.44. The molecule has 5 heteroatoms. The van der Waals surface area contributed by atoms with Crippen LogP contribution in [-0.4, -0.2) is 22.9 Å². The number of hydrogen-bond acceptors (Lipinski definition) is 3. The predicted octanol–water partition coefficient (Wildman–Crippen LogP) is 1.95. The molecule has 4 rings (SSSR count). The standard InChI is InChI=1S/C19H15AsN2O2/c21-14-11-9-13(10-12-14)20(23,24)19-15-5-1-3-7-17(15)22-18-8-4-2-6-16(18)19/h1-12H,21H2,(H,23,24). The van der Waals surface area contributed by atoms with E-state index in [0.717, 1.165) is 21.8 Å². The fraction of sp³-hybridized carbons (Fsp3) is 0. The summed E-state index contributed by atoms with van der Waals surface area (Å²) in [6, 6.07) is 21.5. The van der Waals surface area contributed by atoms with Crippen LogP contribution < -0.4 is 14.4 Å². The molecule has 1 atom stereocenters. The number of aromatic nitrogens is 1. The maximum atomic E-state index is 13.5. The zero-order valence-corrected chi connectivity index (χ0v) is 14.6. The van der Waals surface area contributed by atoms with Crippen LogP contribution in [0.25, 0.3) is 21.8 Å². The van der Waals surface area contributed by atoms with Gasteiger partial charge in [-0.25, -0.2) is 0 Å². The van der Waals surface area contributed by atoms with Gasteiger partial charge in [0, 0.05) is 0 Å². The first-order valence-corrected chi connectivity index (χ1v) is 11.0. The van der Waals surface area contributed by atoms with Crippen molar-refractivity contribution in [1.82, 2.24) is 4.98 Å². The van der Waals surface area contributed by atoms with Crippen LogP contribution in [-0.2, 0) is 3.74 Å². The maximum absolute atomic E-state index is 13.5. The van der Waals surface area contributed by atoms with Gasteiger partial charge < -0.3 is 0 Å². The molecule has 0 saturated carbocycles. The van der Waals surface area contributed by atoms with Crippen LogP contribution >= 0.6 is 0 Å². The molecule has 0 aliphatic rings. The summed E-state index contributed by atoms with van der Waals surface area (Å²) in [7, 11) is 0. The summed E-state index contributed by atoms with van der Waals surface area (Å²) in [5.74, 6) is 0. The molecule has 0 radical (unpaired) electrons. The molecule has 0 spiro atoms. The van der Waals surface area contributed by atoms with E-state index in [2.05, 4.69) is 4.98 Å². The van der Waals surface area contributed by atoms with E-state index in [4.69, 9.17) is 5.73 Å². The third-order valence-corrected chi connectivity index (χ3v) is 8.48. The van der Waals surface area contributed by atoms with E-state index < -0.39 is 13.8 Å². The number of nitrogens with two attached hydrogens (primary N) is 1. The van der Waals surface area contributed by atoms with Crippen molar-refractivity contribution in [2.45, 2.75) is 0 Å². The van der Waals surface area contributed by atoms with Crippen LogP contribution in [0.2, 0.25) is 0 Å². The van der Waals surface area contributed by atoms with Gasteiger partial charge in [-0.05, 0) is 0 Å². The van der Waals surface area contributed by atoms with Crippen molar-refractivity contribution < 1.29 is 7.84 Å². The van der Waals surface area contributed by atoms with Crippen molar-refractivity contribution in [3.63, 3.8) is 0 Å². The number of anilines is 1. The minimum atomic E-state index is -4.57. The Kier molecular flexibility index (Phi) is 3.45. The number of pyridine rings is 1. The number of rotatable bonds is 2. The van der Waals surface area contributed by atoms with Crippen LogP contribution in [0.15, 0.2) is 72.8 Å². The minimum absolute atomic E-state index is 0.420. The molecular formula is C19H15AsN2O2. The Balaban J connectivity index is 2.13.